The molecule has 2 rings (SSSR count). The van der Waals surface area contributed by atoms with Gasteiger partial charge in [-0.2, -0.15) is 0 Å². The van der Waals surface area contributed by atoms with Crippen molar-refractivity contribution in [2.45, 2.75) is 12.8 Å². The van der Waals surface area contributed by atoms with Crippen molar-refractivity contribution in [1.29, 1.82) is 0 Å². The van der Waals surface area contributed by atoms with Crippen molar-refractivity contribution >= 4 is 27.7 Å². The Balaban J connectivity index is 2.33. The molecule has 1 atom stereocenters. The Hall–Kier alpha value is -1.23. The zero-order valence-electron chi connectivity index (χ0n) is 8.70. The molecule has 0 saturated carbocycles. The summed E-state index contributed by atoms with van der Waals surface area (Å²) in [4.78, 5) is 27.3. The zero-order chi connectivity index (χ0) is 11.7. The van der Waals surface area contributed by atoms with E-state index >= 15 is 0 Å². The van der Waals surface area contributed by atoms with Gasteiger partial charge < -0.3 is 4.74 Å². The van der Waals surface area contributed by atoms with Crippen molar-refractivity contribution in [3.63, 3.8) is 0 Å². The van der Waals surface area contributed by atoms with Gasteiger partial charge in [-0.15, -0.1) is 0 Å². The molecule has 5 heteroatoms. The summed E-state index contributed by atoms with van der Waals surface area (Å²) in [5.74, 6) is -1.25. The fourth-order valence-electron chi connectivity index (χ4n) is 1.82. The highest BCUT2D eigenvalue weighted by Crippen LogP contribution is 2.24. The molecule has 16 heavy (non-hydrogen) atoms. The smallest absolute Gasteiger partial charge is 0.316 e. The van der Waals surface area contributed by atoms with E-state index in [1.54, 1.807) is 6.20 Å². The molecule has 0 spiro atoms. The minimum absolute atomic E-state index is 0.117. The number of nitrogens with zero attached hydrogens (tertiary/aromatic N) is 1. The summed E-state index contributed by atoms with van der Waals surface area (Å²) in [6.45, 7) is 0. The van der Waals surface area contributed by atoms with Crippen LogP contribution in [0.4, 0.5) is 0 Å². The number of methoxy groups -OCH3 is 1. The van der Waals surface area contributed by atoms with Gasteiger partial charge >= 0.3 is 5.97 Å². The maximum Gasteiger partial charge on any atom is 0.316 e. The molecule has 1 aliphatic rings. The standard InChI is InChI=1S/C11H10BrNO3/c1-16-11(15)8-3-6-2-7(12)5-13-9(6)4-10(8)14/h2,5,8H,3-4H2,1H3. The number of fused-ring (bicyclic) bond motifs is 1. The number of halogens is 1. The number of Topliss-reactive ketones (excluding diaryl/α,β-unsaturated/α-hetero) is 1. The lowest BCUT2D eigenvalue weighted by atomic mass is 9.85. The molecule has 0 amide bonds. The van der Waals surface area contributed by atoms with Gasteiger partial charge in [0.1, 0.15) is 5.92 Å². The van der Waals surface area contributed by atoms with Gasteiger partial charge in [0, 0.05) is 17.1 Å². The summed E-state index contributed by atoms with van der Waals surface area (Å²) < 4.78 is 5.46. The highest BCUT2D eigenvalue weighted by Gasteiger charge is 2.33. The van der Waals surface area contributed by atoms with Crippen LogP contribution >= 0.6 is 15.9 Å². The van der Waals surface area contributed by atoms with Crippen LogP contribution in [0, 0.1) is 5.92 Å². The second kappa shape index (κ2) is 4.33. The SMILES string of the molecule is COC(=O)C1Cc2cc(Br)cnc2CC1=O. The Morgan fingerprint density at radius 2 is 2.38 bits per heavy atom. The molecule has 0 bridgehead atoms. The first-order valence-electron chi connectivity index (χ1n) is 4.85. The second-order valence-corrected chi connectivity index (χ2v) is 4.60. The Bertz CT molecular complexity index is 459. The maximum atomic E-state index is 11.7. The summed E-state index contributed by atoms with van der Waals surface area (Å²) in [6.07, 6.45) is 2.25. The number of pyridine rings is 1. The second-order valence-electron chi connectivity index (χ2n) is 3.68. The van der Waals surface area contributed by atoms with Gasteiger partial charge in [-0.25, -0.2) is 0 Å². The predicted octanol–water partition coefficient (Wildman–Crippen LogP) is 1.30. The number of ether oxygens (including phenoxy) is 1. The molecule has 84 valence electrons. The largest absolute Gasteiger partial charge is 0.468 e. The molecule has 4 nitrogen and oxygen atoms in total. The van der Waals surface area contributed by atoms with E-state index in [1.165, 1.54) is 7.11 Å². The highest BCUT2D eigenvalue weighted by molar-refractivity contribution is 9.10. The molecule has 0 aliphatic heterocycles. The number of carbonyl (C=O) groups is 2. The third-order valence-corrected chi connectivity index (χ3v) is 3.10. The summed E-state index contributed by atoms with van der Waals surface area (Å²) in [5.41, 5.74) is 1.69. The summed E-state index contributed by atoms with van der Waals surface area (Å²) in [7, 11) is 1.30. The van der Waals surface area contributed by atoms with E-state index in [9.17, 15) is 9.59 Å². The minimum Gasteiger partial charge on any atom is -0.468 e. The molecule has 0 radical (unpaired) electrons. The molecule has 1 aromatic rings. The number of esters is 1. The number of ketones is 1. The van der Waals surface area contributed by atoms with Crippen molar-refractivity contribution < 1.29 is 14.3 Å². The lowest BCUT2D eigenvalue weighted by molar-refractivity contribution is -0.149. The van der Waals surface area contributed by atoms with E-state index in [2.05, 4.69) is 25.7 Å². The average molecular weight is 284 g/mol. The molecule has 1 aromatic heterocycles. The fourth-order valence-corrected chi connectivity index (χ4v) is 2.20. The minimum atomic E-state index is -0.673. The first-order chi connectivity index (χ1) is 7.61. The van der Waals surface area contributed by atoms with Crippen LogP contribution in [0.1, 0.15) is 11.3 Å². The molecular formula is C11H10BrNO3. The van der Waals surface area contributed by atoms with Crippen molar-refractivity contribution in [3.8, 4) is 0 Å². The van der Waals surface area contributed by atoms with Crippen LogP contribution in [0.5, 0.6) is 0 Å². The van der Waals surface area contributed by atoms with Gasteiger partial charge in [0.05, 0.1) is 12.8 Å². The summed E-state index contributed by atoms with van der Waals surface area (Å²) >= 11 is 3.32. The highest BCUT2D eigenvalue weighted by atomic mass is 79.9. The first kappa shape index (κ1) is 11.3. The third kappa shape index (κ3) is 2.00. The average Bonchev–Trinajstić information content (AvgIpc) is 2.28. The fraction of sp³-hybridized carbons (Fsp3) is 0.364. The van der Waals surface area contributed by atoms with Crippen molar-refractivity contribution in [2.75, 3.05) is 7.11 Å². The Morgan fingerprint density at radius 1 is 1.62 bits per heavy atom. The molecule has 0 fully saturated rings. The van der Waals surface area contributed by atoms with Crippen LogP contribution < -0.4 is 0 Å². The van der Waals surface area contributed by atoms with Gasteiger partial charge in [-0.3, -0.25) is 14.6 Å². The van der Waals surface area contributed by atoms with E-state index in [0.717, 1.165) is 15.7 Å². The van der Waals surface area contributed by atoms with Gasteiger partial charge in [0.25, 0.3) is 0 Å². The molecule has 0 aromatic carbocycles. The number of hydrogen-bond donors (Lipinski definition) is 0. The number of rotatable bonds is 1. The van der Waals surface area contributed by atoms with Crippen molar-refractivity contribution in [3.05, 3.63) is 28.0 Å². The van der Waals surface area contributed by atoms with Crippen LogP contribution in [-0.2, 0) is 27.2 Å². The van der Waals surface area contributed by atoms with Crippen LogP contribution in [0.2, 0.25) is 0 Å². The molecule has 1 aliphatic carbocycles. The number of carbonyl (C=O) groups excluding carboxylic acids is 2. The quantitative estimate of drug-likeness (QED) is 0.576. The van der Waals surface area contributed by atoms with Crippen LogP contribution in [0.3, 0.4) is 0 Å². The molecule has 0 N–H and O–H groups in total. The molecule has 0 saturated heterocycles. The van der Waals surface area contributed by atoms with Gasteiger partial charge in [0.2, 0.25) is 0 Å². The number of hydrogen-bond acceptors (Lipinski definition) is 4. The first-order valence-corrected chi connectivity index (χ1v) is 5.65. The van der Waals surface area contributed by atoms with E-state index in [1.807, 2.05) is 6.07 Å². The van der Waals surface area contributed by atoms with E-state index < -0.39 is 11.9 Å². The van der Waals surface area contributed by atoms with Crippen LogP contribution in [-0.4, -0.2) is 23.8 Å². The Kier molecular flexibility index (Phi) is 3.05. The van der Waals surface area contributed by atoms with E-state index in [-0.39, 0.29) is 12.2 Å². The summed E-state index contributed by atoms with van der Waals surface area (Å²) in [6, 6.07) is 1.89. The topological polar surface area (TPSA) is 56.3 Å². The van der Waals surface area contributed by atoms with Crippen LogP contribution in [0.25, 0.3) is 0 Å². The van der Waals surface area contributed by atoms with Crippen LogP contribution in [0.15, 0.2) is 16.7 Å². The van der Waals surface area contributed by atoms with E-state index in [4.69, 9.17) is 0 Å². The third-order valence-electron chi connectivity index (χ3n) is 2.67. The molecule has 1 unspecified atom stereocenters. The predicted molar refractivity (Wildman–Crippen MR) is 59.9 cm³/mol. The van der Waals surface area contributed by atoms with Gasteiger partial charge in [0.15, 0.2) is 5.78 Å². The maximum absolute atomic E-state index is 11.7. The Morgan fingerprint density at radius 3 is 3.06 bits per heavy atom. The zero-order valence-corrected chi connectivity index (χ0v) is 10.3. The van der Waals surface area contributed by atoms with E-state index in [0.29, 0.717) is 6.42 Å². The van der Waals surface area contributed by atoms with Crippen molar-refractivity contribution in [1.82, 2.24) is 4.98 Å². The molecular weight excluding hydrogens is 274 g/mol. The number of aromatic nitrogens is 1. The lowest BCUT2D eigenvalue weighted by Crippen LogP contribution is -2.33. The van der Waals surface area contributed by atoms with Gasteiger partial charge in [-0.05, 0) is 34.0 Å². The normalized spacial score (nSPS) is 19.1. The lowest BCUT2D eigenvalue weighted by Gasteiger charge is -2.20. The Labute approximate surface area is 101 Å². The van der Waals surface area contributed by atoms with Gasteiger partial charge in [-0.1, -0.05) is 0 Å². The monoisotopic (exact) mass is 283 g/mol. The van der Waals surface area contributed by atoms with Crippen molar-refractivity contribution in [2.24, 2.45) is 5.92 Å². The summed E-state index contributed by atoms with van der Waals surface area (Å²) in [5, 5.41) is 0. The molecule has 1 heterocycles.